The van der Waals surface area contributed by atoms with Crippen molar-refractivity contribution in [1.82, 2.24) is 0 Å². The van der Waals surface area contributed by atoms with Crippen molar-refractivity contribution in [3.63, 3.8) is 0 Å². The zero-order valence-electron chi connectivity index (χ0n) is 48.2. The molecule has 2 aliphatic carbocycles. The van der Waals surface area contributed by atoms with E-state index >= 15 is 0 Å². The van der Waals surface area contributed by atoms with Gasteiger partial charge in [0.15, 0.2) is 0 Å². The topological polar surface area (TPSA) is 36.9 Å². The highest BCUT2D eigenvalue weighted by atomic mass is 16.5. The van der Waals surface area contributed by atoms with Gasteiger partial charge in [-0.05, 0) is 189 Å². The average Bonchev–Trinajstić information content (AvgIpc) is 4.17. The lowest BCUT2D eigenvalue weighted by molar-refractivity contribution is 0.305. The average molecular weight is 1050 g/mol. The van der Waals surface area contributed by atoms with Crippen molar-refractivity contribution < 1.29 is 18.9 Å². The van der Waals surface area contributed by atoms with E-state index < -0.39 is 10.8 Å². The van der Waals surface area contributed by atoms with Crippen LogP contribution in [0.5, 0.6) is 23.0 Å². The Morgan fingerprint density at radius 1 is 0.325 bits per heavy atom. The lowest BCUT2D eigenvalue weighted by Crippen LogP contribution is -2.28. The second-order valence-corrected chi connectivity index (χ2v) is 22.2. The van der Waals surface area contributed by atoms with Gasteiger partial charge >= 0.3 is 0 Å². The van der Waals surface area contributed by atoms with Crippen LogP contribution in [0.25, 0.3) is 43.8 Å². The summed E-state index contributed by atoms with van der Waals surface area (Å²) < 4.78 is 23.4. The number of rotatable bonds is 18. The maximum atomic E-state index is 6.20. The molecule has 0 bridgehead atoms. The molecule has 0 unspecified atom stereocenters. The number of methoxy groups -OCH3 is 2. The van der Waals surface area contributed by atoms with Crippen LogP contribution >= 0.6 is 0 Å². The minimum absolute atomic E-state index is 0.454. The van der Waals surface area contributed by atoms with E-state index in [1.807, 2.05) is 0 Å². The van der Waals surface area contributed by atoms with Crippen LogP contribution in [0.15, 0.2) is 194 Å². The van der Waals surface area contributed by atoms with Crippen LogP contribution in [-0.4, -0.2) is 27.4 Å². The number of hydrogen-bond donors (Lipinski definition) is 0. The number of fused-ring (bicyclic) bond motifs is 10. The van der Waals surface area contributed by atoms with Crippen LogP contribution in [0, 0.1) is 27.7 Å². The smallest absolute Gasteiger partial charge is 0.119 e. The van der Waals surface area contributed by atoms with Crippen molar-refractivity contribution in [2.45, 2.75) is 104 Å². The largest absolute Gasteiger partial charge is 0.497 e. The number of aryl methyl sites for hydroxylation is 4. The molecule has 0 aromatic heterocycles. The quantitative estimate of drug-likeness (QED) is 0.0803. The van der Waals surface area contributed by atoms with E-state index in [2.05, 4.69) is 236 Å². The minimum atomic E-state index is -0.467. The highest BCUT2D eigenvalue weighted by molar-refractivity contribution is 6.07. The van der Waals surface area contributed by atoms with Gasteiger partial charge in [-0.25, -0.2) is 0 Å². The third-order valence-corrected chi connectivity index (χ3v) is 17.2. The first-order valence-corrected chi connectivity index (χ1v) is 29.2. The second kappa shape index (κ2) is 23.3. The summed E-state index contributed by atoms with van der Waals surface area (Å²) in [5.74, 6) is 3.59. The van der Waals surface area contributed by atoms with Crippen molar-refractivity contribution in [3.8, 4) is 45.3 Å². The van der Waals surface area contributed by atoms with Gasteiger partial charge in [0.1, 0.15) is 23.0 Å². The molecular weight excluding hydrogens is 977 g/mol. The van der Waals surface area contributed by atoms with E-state index in [9.17, 15) is 0 Å². The summed E-state index contributed by atoms with van der Waals surface area (Å²) in [4.78, 5) is 0. The van der Waals surface area contributed by atoms with Crippen LogP contribution in [0.1, 0.15) is 132 Å². The number of ether oxygens (including phenoxy) is 4. The van der Waals surface area contributed by atoms with Crippen LogP contribution in [-0.2, 0) is 10.8 Å². The van der Waals surface area contributed by atoms with Crippen LogP contribution < -0.4 is 18.9 Å². The molecule has 0 heterocycles. The second-order valence-electron chi connectivity index (χ2n) is 22.2. The highest BCUT2D eigenvalue weighted by Crippen LogP contribution is 2.60. The molecule has 0 amide bonds. The summed E-state index contributed by atoms with van der Waals surface area (Å²) >= 11 is 0. The first-order chi connectivity index (χ1) is 39.1. The van der Waals surface area contributed by atoms with E-state index in [0.717, 1.165) is 49.1 Å². The molecule has 4 heteroatoms. The highest BCUT2D eigenvalue weighted by Gasteiger charge is 2.49. The normalized spacial score (nSPS) is 13.2. The summed E-state index contributed by atoms with van der Waals surface area (Å²) in [5.41, 5.74) is 19.8. The Bertz CT molecular complexity index is 3690. The zero-order valence-corrected chi connectivity index (χ0v) is 48.2. The van der Waals surface area contributed by atoms with Crippen LogP contribution in [0.2, 0.25) is 0 Å². The van der Waals surface area contributed by atoms with E-state index in [4.69, 9.17) is 18.9 Å². The predicted molar refractivity (Wildman–Crippen MR) is 334 cm³/mol. The van der Waals surface area contributed by atoms with E-state index in [1.54, 1.807) is 14.2 Å². The van der Waals surface area contributed by atoms with Gasteiger partial charge in [-0.15, -0.1) is 0 Å². The zero-order chi connectivity index (χ0) is 55.4. The first kappa shape index (κ1) is 53.9. The molecular formula is C76H76O4. The Balaban J connectivity index is 0.000000174. The summed E-state index contributed by atoms with van der Waals surface area (Å²) in [5, 5.41) is 5.24. The molecule has 404 valence electrons. The molecule has 10 aromatic carbocycles. The Morgan fingerprint density at radius 3 is 1.00 bits per heavy atom. The number of benzene rings is 10. The van der Waals surface area contributed by atoms with Gasteiger partial charge in [0.2, 0.25) is 0 Å². The third kappa shape index (κ3) is 9.61. The summed E-state index contributed by atoms with van der Waals surface area (Å²) in [6.45, 7) is 14.9. The third-order valence-electron chi connectivity index (χ3n) is 17.2. The SMILES string of the molecule is CCCCCCOc1ccc(C2(c3ccc(OCCCCCC)cc3)c3cc(C)ccc3-c3c2cc(C)c2ccccc32)cc1.COc1ccc(C2(c3ccc(OC)cc3)c3cc(C)ccc3-c3c2cc(C)c2ccccc32)cc1. The molecule has 0 saturated heterocycles. The molecule has 0 radical (unpaired) electrons. The maximum Gasteiger partial charge on any atom is 0.119 e. The van der Waals surface area contributed by atoms with Gasteiger partial charge in [-0.1, -0.05) is 209 Å². The van der Waals surface area contributed by atoms with E-state index in [1.165, 1.54) is 149 Å². The molecule has 4 nitrogen and oxygen atoms in total. The number of hydrogen-bond acceptors (Lipinski definition) is 4. The Hall–Kier alpha value is -8.08. The lowest BCUT2D eigenvalue weighted by Gasteiger charge is -2.34. The fourth-order valence-corrected chi connectivity index (χ4v) is 13.2. The Morgan fingerprint density at radius 2 is 0.662 bits per heavy atom. The van der Waals surface area contributed by atoms with Gasteiger partial charge in [0, 0.05) is 0 Å². The van der Waals surface area contributed by atoms with Gasteiger partial charge < -0.3 is 18.9 Å². The fraction of sp³-hybridized carbons (Fsp3) is 0.263. The van der Waals surface area contributed by atoms with Crippen molar-refractivity contribution in [2.75, 3.05) is 27.4 Å². The van der Waals surface area contributed by atoms with E-state index in [-0.39, 0.29) is 0 Å². The van der Waals surface area contributed by atoms with Crippen LogP contribution in [0.4, 0.5) is 0 Å². The molecule has 0 spiro atoms. The molecule has 0 fully saturated rings. The van der Waals surface area contributed by atoms with Gasteiger partial charge in [-0.3, -0.25) is 0 Å². The Kier molecular flexibility index (Phi) is 15.7. The van der Waals surface area contributed by atoms with Crippen molar-refractivity contribution in [2.24, 2.45) is 0 Å². The summed E-state index contributed by atoms with van der Waals surface area (Å²) in [7, 11) is 3.43. The Labute approximate surface area is 475 Å². The first-order valence-electron chi connectivity index (χ1n) is 29.2. The van der Waals surface area contributed by atoms with Gasteiger partial charge in [-0.2, -0.15) is 0 Å². The van der Waals surface area contributed by atoms with Crippen molar-refractivity contribution >= 4 is 21.5 Å². The van der Waals surface area contributed by atoms with Gasteiger partial charge in [0.05, 0.1) is 38.3 Å². The number of unbranched alkanes of at least 4 members (excludes halogenated alkanes) is 6. The van der Waals surface area contributed by atoms with Crippen LogP contribution in [0.3, 0.4) is 0 Å². The summed E-state index contributed by atoms with van der Waals surface area (Å²) in [6.07, 6.45) is 9.63. The monoisotopic (exact) mass is 1050 g/mol. The molecule has 0 aliphatic heterocycles. The standard InChI is InChI=1S/C43H48O2.C33H28O2/c1-5-7-9-13-27-44-35-22-18-33(19-23-35)43(34-20-24-36(25-21-34)45-28-14-10-8-6-2)40-29-31(3)17-26-39(40)42-38-16-12-11-15-37(38)32(4)30-41(42)43;1-21-9-18-29-30(19-21)33(23-10-14-25(34-3)15-11-23,24-12-16-26(35-4)17-13-24)31-20-22(2)27-7-5-6-8-28(27)32(29)31/h11-12,15-26,29-30H,5-10,13-14,27-28H2,1-4H3;5-20H,1-4H3. The predicted octanol–water partition coefficient (Wildman–Crippen LogP) is 19.6. The molecule has 0 atom stereocenters. The van der Waals surface area contributed by atoms with E-state index in [0.29, 0.717) is 0 Å². The summed E-state index contributed by atoms with van der Waals surface area (Å²) in [6, 6.07) is 71.5. The van der Waals surface area contributed by atoms with Crippen molar-refractivity contribution in [3.05, 3.63) is 261 Å². The molecule has 0 saturated carbocycles. The molecule has 10 aromatic rings. The van der Waals surface area contributed by atoms with Crippen molar-refractivity contribution in [1.29, 1.82) is 0 Å². The fourth-order valence-electron chi connectivity index (χ4n) is 13.2. The molecule has 80 heavy (non-hydrogen) atoms. The molecule has 0 N–H and O–H groups in total. The molecule has 2 aliphatic rings. The maximum absolute atomic E-state index is 6.20. The van der Waals surface area contributed by atoms with Gasteiger partial charge in [0.25, 0.3) is 0 Å². The lowest BCUT2D eigenvalue weighted by atomic mass is 9.67. The minimum Gasteiger partial charge on any atom is -0.497 e. The molecule has 12 rings (SSSR count).